The third-order valence-corrected chi connectivity index (χ3v) is 1.78. The van der Waals surface area contributed by atoms with Gasteiger partial charge in [-0.1, -0.05) is 0 Å². The highest BCUT2D eigenvalue weighted by atomic mass is 32.1. The Bertz CT molecular complexity index is 406. The van der Waals surface area contributed by atoms with Gasteiger partial charge in [0.2, 0.25) is 0 Å². The van der Waals surface area contributed by atoms with Crippen LogP contribution in [0.4, 0.5) is 5.69 Å². The molecule has 0 heterocycles. The fourth-order valence-corrected chi connectivity index (χ4v) is 1.27. The van der Waals surface area contributed by atoms with Gasteiger partial charge in [-0.05, 0) is 36.5 Å². The number of nitrogens with zero attached hydrogens (tertiary/aromatic N) is 1. The van der Waals surface area contributed by atoms with Crippen molar-refractivity contribution in [2.45, 2.75) is 0 Å². The zero-order valence-electron chi connectivity index (χ0n) is 6.82. The second-order valence-electron chi connectivity index (χ2n) is 2.28. The second-order valence-corrected chi connectivity index (χ2v) is 3.63. The average molecular weight is 231 g/mol. The first-order valence-electron chi connectivity index (χ1n) is 3.44. The summed E-state index contributed by atoms with van der Waals surface area (Å²) in [6, 6.07) is 5.77. The van der Waals surface area contributed by atoms with Gasteiger partial charge in [-0.3, -0.25) is 9.79 Å². The topological polar surface area (TPSA) is 79.1 Å². The Morgan fingerprint density at radius 3 is 2.36 bits per heavy atom. The molecule has 1 aromatic carbocycles. The third-order valence-electron chi connectivity index (χ3n) is 1.24. The minimum atomic E-state index is -4.48. The number of isothiocyanates is 1. The lowest BCUT2D eigenvalue weighted by molar-refractivity contribution is 0.283. The summed E-state index contributed by atoms with van der Waals surface area (Å²) in [5.41, 5.74) is 0.540. The Kier molecular flexibility index (Phi) is 3.52. The molecular weight excluding hydrogens is 225 g/mol. The van der Waals surface area contributed by atoms with Crippen molar-refractivity contribution >= 4 is 30.9 Å². The Morgan fingerprint density at radius 1 is 1.36 bits per heavy atom. The van der Waals surface area contributed by atoms with Gasteiger partial charge in [0.05, 0.1) is 10.8 Å². The lowest BCUT2D eigenvalue weighted by Gasteiger charge is -2.05. The van der Waals surface area contributed by atoms with Crippen molar-refractivity contribution in [1.29, 1.82) is 0 Å². The van der Waals surface area contributed by atoms with Crippen LogP contribution in [-0.4, -0.2) is 14.9 Å². The van der Waals surface area contributed by atoms with Gasteiger partial charge in [0, 0.05) is 0 Å². The Labute approximate surface area is 85.3 Å². The van der Waals surface area contributed by atoms with Crippen LogP contribution in [0.1, 0.15) is 0 Å². The number of hydrogen-bond donors (Lipinski definition) is 2. The van der Waals surface area contributed by atoms with Gasteiger partial charge in [-0.2, -0.15) is 4.99 Å². The minimum absolute atomic E-state index is 0.0710. The van der Waals surface area contributed by atoms with Crippen molar-refractivity contribution in [1.82, 2.24) is 0 Å². The Hall–Kier alpha value is -1.03. The number of hydrogen-bond acceptors (Lipinski definition) is 4. The van der Waals surface area contributed by atoms with Crippen LogP contribution in [0.3, 0.4) is 0 Å². The van der Waals surface area contributed by atoms with Gasteiger partial charge in [0.1, 0.15) is 5.75 Å². The molecule has 0 unspecified atom stereocenters. The second kappa shape index (κ2) is 4.46. The van der Waals surface area contributed by atoms with E-state index < -0.39 is 7.82 Å². The maximum atomic E-state index is 10.4. The fraction of sp³-hybridized carbons (Fsp3) is 0. The molecular formula is C7H6NO4PS. The van der Waals surface area contributed by atoms with E-state index in [-0.39, 0.29) is 5.75 Å². The van der Waals surface area contributed by atoms with Crippen LogP contribution in [0.15, 0.2) is 29.3 Å². The maximum Gasteiger partial charge on any atom is 0.524 e. The number of phosphoric acid groups is 1. The molecule has 0 aliphatic rings. The molecule has 0 aliphatic carbocycles. The third kappa shape index (κ3) is 3.79. The van der Waals surface area contributed by atoms with E-state index in [1.165, 1.54) is 24.3 Å². The number of thiocarbonyl (C=S) groups is 1. The van der Waals surface area contributed by atoms with Gasteiger partial charge < -0.3 is 4.52 Å². The summed E-state index contributed by atoms with van der Waals surface area (Å²) in [5, 5.41) is 2.17. The van der Waals surface area contributed by atoms with Gasteiger partial charge in [-0.25, -0.2) is 4.57 Å². The lowest BCUT2D eigenvalue weighted by atomic mass is 10.3. The van der Waals surface area contributed by atoms with Gasteiger partial charge in [-0.15, -0.1) is 0 Å². The molecule has 0 spiro atoms. The van der Waals surface area contributed by atoms with Crippen molar-refractivity contribution in [2.24, 2.45) is 4.99 Å². The van der Waals surface area contributed by atoms with Gasteiger partial charge in [0.25, 0.3) is 0 Å². The molecule has 0 aliphatic heterocycles. The summed E-state index contributed by atoms with van der Waals surface area (Å²) in [6.07, 6.45) is 0. The van der Waals surface area contributed by atoms with Gasteiger partial charge >= 0.3 is 7.82 Å². The summed E-state index contributed by atoms with van der Waals surface area (Å²) in [5.74, 6) is 0.0710. The van der Waals surface area contributed by atoms with E-state index in [2.05, 4.69) is 26.9 Å². The van der Waals surface area contributed by atoms with Crippen molar-refractivity contribution in [3.8, 4) is 5.75 Å². The molecule has 1 rings (SSSR count). The van der Waals surface area contributed by atoms with Crippen LogP contribution in [0.25, 0.3) is 0 Å². The maximum absolute atomic E-state index is 10.4. The van der Waals surface area contributed by atoms with E-state index in [9.17, 15) is 4.57 Å². The summed E-state index contributed by atoms with van der Waals surface area (Å²) in [4.78, 5) is 20.6. The van der Waals surface area contributed by atoms with Crippen LogP contribution in [0.2, 0.25) is 0 Å². The molecule has 0 bridgehead atoms. The smallest absolute Gasteiger partial charge is 0.404 e. The predicted molar refractivity (Wildman–Crippen MR) is 53.8 cm³/mol. The van der Waals surface area contributed by atoms with Crippen molar-refractivity contribution in [3.63, 3.8) is 0 Å². The molecule has 0 amide bonds. The lowest BCUT2D eigenvalue weighted by Crippen LogP contribution is -1.88. The normalized spacial score (nSPS) is 10.4. The molecule has 0 aromatic heterocycles. The SMILES string of the molecule is O=P(O)(O)Oc1ccc(N=C=S)cc1. The zero-order chi connectivity index (χ0) is 10.6. The van der Waals surface area contributed by atoms with E-state index in [1.807, 2.05) is 0 Å². The van der Waals surface area contributed by atoms with Crippen LogP contribution >= 0.6 is 20.0 Å². The fourth-order valence-electron chi connectivity index (χ4n) is 0.772. The number of benzene rings is 1. The van der Waals surface area contributed by atoms with Crippen LogP contribution < -0.4 is 4.52 Å². The molecule has 74 valence electrons. The largest absolute Gasteiger partial charge is 0.524 e. The monoisotopic (exact) mass is 231 g/mol. The Balaban J connectivity index is 2.84. The molecule has 2 N–H and O–H groups in total. The molecule has 0 fully saturated rings. The average Bonchev–Trinajstić information content (AvgIpc) is 2.06. The highest BCUT2D eigenvalue weighted by molar-refractivity contribution is 7.78. The van der Waals surface area contributed by atoms with E-state index >= 15 is 0 Å². The molecule has 0 atom stereocenters. The summed E-state index contributed by atoms with van der Waals surface area (Å²) >= 11 is 4.38. The van der Waals surface area contributed by atoms with Crippen molar-refractivity contribution < 1.29 is 18.9 Å². The minimum Gasteiger partial charge on any atom is -0.404 e. The molecule has 5 nitrogen and oxygen atoms in total. The first-order chi connectivity index (χ1) is 6.51. The van der Waals surface area contributed by atoms with E-state index in [0.29, 0.717) is 5.69 Å². The predicted octanol–water partition coefficient (Wildman–Crippen LogP) is 1.89. The summed E-state index contributed by atoms with van der Waals surface area (Å²) < 4.78 is 14.7. The standard InChI is InChI=1S/C7H6NO4PS/c9-13(10,11)12-7-3-1-6(2-4-7)8-5-14/h1-4H,(H2,9,10,11). The van der Waals surface area contributed by atoms with Crippen LogP contribution in [-0.2, 0) is 4.57 Å². The molecule has 0 saturated carbocycles. The van der Waals surface area contributed by atoms with E-state index in [0.717, 1.165) is 0 Å². The number of rotatable bonds is 3. The summed E-state index contributed by atoms with van der Waals surface area (Å²) in [6.45, 7) is 0. The van der Waals surface area contributed by atoms with Crippen LogP contribution in [0, 0.1) is 0 Å². The Morgan fingerprint density at radius 2 is 1.93 bits per heavy atom. The zero-order valence-corrected chi connectivity index (χ0v) is 8.53. The number of phosphoric ester groups is 1. The quantitative estimate of drug-likeness (QED) is 0.471. The van der Waals surface area contributed by atoms with E-state index in [4.69, 9.17) is 9.79 Å². The molecule has 1 aromatic rings. The highest BCUT2D eigenvalue weighted by Crippen LogP contribution is 2.37. The number of aliphatic imine (C=N–C) groups is 1. The molecule has 7 heteroatoms. The molecule has 14 heavy (non-hydrogen) atoms. The molecule has 0 saturated heterocycles. The van der Waals surface area contributed by atoms with Crippen molar-refractivity contribution in [3.05, 3.63) is 24.3 Å². The summed E-state index contributed by atoms with van der Waals surface area (Å²) in [7, 11) is -4.48. The van der Waals surface area contributed by atoms with Gasteiger partial charge in [0.15, 0.2) is 0 Å². The van der Waals surface area contributed by atoms with E-state index in [1.54, 1.807) is 0 Å². The first-order valence-corrected chi connectivity index (χ1v) is 5.38. The van der Waals surface area contributed by atoms with Crippen molar-refractivity contribution in [2.75, 3.05) is 0 Å². The van der Waals surface area contributed by atoms with Crippen LogP contribution in [0.5, 0.6) is 5.75 Å². The highest BCUT2D eigenvalue weighted by Gasteiger charge is 2.15. The molecule has 0 radical (unpaired) electrons. The first kappa shape index (κ1) is 11.0.